The van der Waals surface area contributed by atoms with Crippen molar-refractivity contribution in [1.29, 1.82) is 0 Å². The van der Waals surface area contributed by atoms with Gasteiger partial charge in [0.15, 0.2) is 0 Å². The van der Waals surface area contributed by atoms with Crippen molar-refractivity contribution < 1.29 is 27.5 Å². The Hall–Kier alpha value is -3.27. The van der Waals surface area contributed by atoms with Crippen molar-refractivity contribution >= 4 is 46.2 Å². The van der Waals surface area contributed by atoms with Gasteiger partial charge in [0.25, 0.3) is 5.91 Å². The van der Waals surface area contributed by atoms with E-state index in [0.29, 0.717) is 33.1 Å². The zero-order valence-electron chi connectivity index (χ0n) is 21.4. The number of anilines is 2. The molecule has 0 saturated carbocycles. The molecule has 1 amide bonds. The van der Waals surface area contributed by atoms with E-state index in [0.717, 1.165) is 0 Å². The number of alkyl halides is 3. The molecule has 2 heterocycles. The topological polar surface area (TPSA) is 47.0 Å². The minimum atomic E-state index is -4.33. The van der Waals surface area contributed by atoms with Crippen molar-refractivity contribution in [2.75, 3.05) is 43.0 Å². The highest BCUT2D eigenvalue weighted by molar-refractivity contribution is 6.33. The third-order valence-corrected chi connectivity index (χ3v) is 8.00. The van der Waals surface area contributed by atoms with Crippen LogP contribution in [0.15, 0.2) is 61.2 Å². The number of likely N-dealkylation sites (tertiary alicyclic amines) is 1. The molecule has 0 spiro atoms. The minimum absolute atomic E-state index is 0.0869. The number of aliphatic hydroxyl groups is 1. The normalized spacial score (nSPS) is 16.0. The number of carbonyl (C=O) groups is 1. The molecule has 0 bridgehead atoms. The summed E-state index contributed by atoms with van der Waals surface area (Å²) in [4.78, 5) is 17.5. The average molecular weight is 594 g/mol. The van der Waals surface area contributed by atoms with Gasteiger partial charge < -0.3 is 19.8 Å². The summed E-state index contributed by atoms with van der Waals surface area (Å²) in [5, 5.41) is 10.1. The van der Waals surface area contributed by atoms with Gasteiger partial charge in [-0.05, 0) is 48.0 Å². The highest BCUT2D eigenvalue weighted by Crippen LogP contribution is 2.44. The molecule has 3 aromatic rings. The molecule has 1 N–H and O–H groups in total. The number of rotatable bonds is 6. The highest BCUT2D eigenvalue weighted by Gasteiger charge is 2.47. The van der Waals surface area contributed by atoms with Crippen molar-refractivity contribution in [2.24, 2.45) is 5.92 Å². The van der Waals surface area contributed by atoms with E-state index in [2.05, 4.69) is 6.58 Å². The molecule has 0 radical (unpaired) electrons. The molecule has 5 rings (SSSR count). The molecule has 0 atom stereocenters. The fourth-order valence-electron chi connectivity index (χ4n) is 4.88. The lowest BCUT2D eigenvalue weighted by Crippen LogP contribution is -2.53. The van der Waals surface area contributed by atoms with E-state index in [1.54, 1.807) is 53.2 Å². The molecule has 2 saturated heterocycles. The molecule has 3 aromatic carbocycles. The Bertz CT molecular complexity index is 1460. The number of hydrogen-bond donors (Lipinski definition) is 1. The third kappa shape index (κ3) is 5.25. The van der Waals surface area contributed by atoms with E-state index in [1.165, 1.54) is 23.1 Å². The monoisotopic (exact) mass is 593 g/mol. The van der Waals surface area contributed by atoms with Gasteiger partial charge in [-0.3, -0.25) is 4.79 Å². The molecule has 2 fully saturated rings. The summed E-state index contributed by atoms with van der Waals surface area (Å²) in [5.74, 6) is -2.31. The SMILES string of the molecule is C=C(c1c(F)cccc1Cl)N(C)c1ccc(-c2cc(C(=O)N3CC(O)C3)ccc2Cl)cc1N1CC(C(F)(F)F)C1. The lowest BCUT2D eigenvalue weighted by atomic mass is 9.95. The van der Waals surface area contributed by atoms with Crippen LogP contribution in [0.2, 0.25) is 10.0 Å². The predicted molar refractivity (Wildman–Crippen MR) is 149 cm³/mol. The van der Waals surface area contributed by atoms with E-state index in [-0.39, 0.29) is 48.4 Å². The van der Waals surface area contributed by atoms with E-state index >= 15 is 0 Å². The van der Waals surface area contributed by atoms with Gasteiger partial charge in [0.05, 0.1) is 34.0 Å². The fourth-order valence-corrected chi connectivity index (χ4v) is 5.38. The van der Waals surface area contributed by atoms with Crippen LogP contribution >= 0.6 is 23.2 Å². The number of carbonyl (C=O) groups excluding carboxylic acids is 1. The zero-order chi connectivity index (χ0) is 28.9. The largest absolute Gasteiger partial charge is 0.395 e. The van der Waals surface area contributed by atoms with Gasteiger partial charge >= 0.3 is 6.18 Å². The summed E-state index contributed by atoms with van der Waals surface area (Å²) in [5.41, 5.74) is 2.75. The number of aliphatic hydroxyl groups excluding tert-OH is 1. The van der Waals surface area contributed by atoms with Crippen LogP contribution in [0, 0.1) is 11.7 Å². The first kappa shape index (κ1) is 28.3. The maximum atomic E-state index is 14.7. The van der Waals surface area contributed by atoms with Crippen molar-refractivity contribution in [2.45, 2.75) is 12.3 Å². The second-order valence-corrected chi connectivity index (χ2v) is 10.8. The van der Waals surface area contributed by atoms with E-state index < -0.39 is 24.0 Å². The first-order valence-electron chi connectivity index (χ1n) is 12.4. The number of β-amino-alcohol motifs (C(OH)–C–C–N with tert-alkyl or cyclic N) is 1. The molecule has 0 aromatic heterocycles. The van der Waals surface area contributed by atoms with Crippen molar-refractivity contribution in [3.63, 3.8) is 0 Å². The van der Waals surface area contributed by atoms with Gasteiger partial charge in [-0.2, -0.15) is 13.2 Å². The summed E-state index contributed by atoms with van der Waals surface area (Å²) in [7, 11) is 1.64. The maximum absolute atomic E-state index is 14.7. The summed E-state index contributed by atoms with van der Waals surface area (Å²) in [6.07, 6.45) is -4.87. The van der Waals surface area contributed by atoms with E-state index in [1.807, 2.05) is 0 Å². The quantitative estimate of drug-likeness (QED) is 0.322. The van der Waals surface area contributed by atoms with E-state index in [9.17, 15) is 27.5 Å². The number of nitrogens with zero attached hydrogens (tertiary/aromatic N) is 3. The Labute approximate surface area is 238 Å². The molecular formula is C29H25Cl2F4N3O2. The van der Waals surface area contributed by atoms with Crippen molar-refractivity contribution in [3.05, 3.63) is 88.2 Å². The predicted octanol–water partition coefficient (Wildman–Crippen LogP) is 6.72. The Morgan fingerprint density at radius 3 is 2.35 bits per heavy atom. The summed E-state index contributed by atoms with van der Waals surface area (Å²) < 4.78 is 54.7. The van der Waals surface area contributed by atoms with Crippen molar-refractivity contribution in [1.82, 2.24) is 4.90 Å². The molecule has 210 valence electrons. The Morgan fingerprint density at radius 2 is 1.73 bits per heavy atom. The standard InChI is InChI=1S/C29H25Cl2F4N3O2/c1-16(27-23(31)4-3-5-24(27)32)36(2)25-9-7-17(11-26(25)37-12-19(13-37)29(33,34)35)21-10-18(6-8-22(21)30)28(40)38-14-20(39)15-38/h3-11,19-20,39H,1,12-15H2,2H3. The Kier molecular flexibility index (Phi) is 7.50. The number of amides is 1. The molecule has 2 aliphatic rings. The smallest absolute Gasteiger partial charge is 0.389 e. The summed E-state index contributed by atoms with van der Waals surface area (Å²) >= 11 is 12.8. The van der Waals surface area contributed by atoms with Gasteiger partial charge in [0.1, 0.15) is 5.82 Å². The van der Waals surface area contributed by atoms with Gasteiger partial charge in [-0.15, -0.1) is 0 Å². The third-order valence-electron chi connectivity index (χ3n) is 7.35. The van der Waals surface area contributed by atoms with E-state index in [4.69, 9.17) is 23.2 Å². The van der Waals surface area contributed by atoms with Crippen LogP contribution in [0.25, 0.3) is 16.8 Å². The fraction of sp³-hybridized carbons (Fsp3) is 0.276. The highest BCUT2D eigenvalue weighted by atomic mass is 35.5. The zero-order valence-corrected chi connectivity index (χ0v) is 22.9. The Balaban J connectivity index is 1.53. The lowest BCUT2D eigenvalue weighted by Gasteiger charge is -2.43. The Morgan fingerprint density at radius 1 is 1.02 bits per heavy atom. The van der Waals surface area contributed by atoms with Crippen LogP contribution in [0.4, 0.5) is 28.9 Å². The van der Waals surface area contributed by atoms with Gasteiger partial charge in [0, 0.05) is 55.1 Å². The maximum Gasteiger partial charge on any atom is 0.395 e. The van der Waals surface area contributed by atoms with Gasteiger partial charge in [-0.25, -0.2) is 4.39 Å². The second-order valence-electron chi connectivity index (χ2n) is 10.0. The summed E-state index contributed by atoms with van der Waals surface area (Å²) in [6.45, 7) is 4.00. The number of halogens is 6. The molecule has 5 nitrogen and oxygen atoms in total. The lowest BCUT2D eigenvalue weighted by molar-refractivity contribution is -0.180. The molecular weight excluding hydrogens is 569 g/mol. The second kappa shape index (κ2) is 10.6. The van der Waals surface area contributed by atoms with Crippen LogP contribution in [0.5, 0.6) is 0 Å². The first-order valence-corrected chi connectivity index (χ1v) is 13.2. The van der Waals surface area contributed by atoms with Gasteiger partial charge in [0.2, 0.25) is 0 Å². The molecule has 40 heavy (non-hydrogen) atoms. The minimum Gasteiger partial charge on any atom is -0.389 e. The van der Waals surface area contributed by atoms with Crippen LogP contribution in [0.1, 0.15) is 15.9 Å². The van der Waals surface area contributed by atoms with Crippen LogP contribution < -0.4 is 9.80 Å². The van der Waals surface area contributed by atoms with Crippen LogP contribution in [-0.4, -0.2) is 61.4 Å². The number of benzene rings is 3. The van der Waals surface area contributed by atoms with Gasteiger partial charge in [-0.1, -0.05) is 41.9 Å². The summed E-state index contributed by atoms with van der Waals surface area (Å²) in [6, 6.07) is 14.2. The number of hydrogen-bond acceptors (Lipinski definition) is 4. The molecule has 11 heteroatoms. The molecule has 0 unspecified atom stereocenters. The van der Waals surface area contributed by atoms with Crippen LogP contribution in [0.3, 0.4) is 0 Å². The average Bonchev–Trinajstić information content (AvgIpc) is 2.84. The van der Waals surface area contributed by atoms with Crippen molar-refractivity contribution in [3.8, 4) is 11.1 Å². The van der Waals surface area contributed by atoms with Crippen LogP contribution in [-0.2, 0) is 0 Å². The molecule has 2 aliphatic heterocycles. The molecule has 0 aliphatic carbocycles. The first-order chi connectivity index (χ1) is 18.8.